The quantitative estimate of drug-likeness (QED) is 0.680. The fourth-order valence-corrected chi connectivity index (χ4v) is 2.51. The molecule has 0 radical (unpaired) electrons. The lowest BCUT2D eigenvalue weighted by Crippen LogP contribution is -2.37. The van der Waals surface area contributed by atoms with Crippen LogP contribution < -0.4 is 15.5 Å². The van der Waals surface area contributed by atoms with Crippen LogP contribution in [0.4, 0.5) is 11.6 Å². The lowest BCUT2D eigenvalue weighted by atomic mass is 10.4. The molecule has 2 aromatic rings. The Bertz CT molecular complexity index is 726. The topological polar surface area (TPSA) is 110 Å². The van der Waals surface area contributed by atoms with Crippen LogP contribution in [0.1, 0.15) is 16.3 Å². The minimum Gasteiger partial charge on any atom is -0.378 e. The Hall–Kier alpha value is -2.75. The van der Waals surface area contributed by atoms with E-state index in [2.05, 4.69) is 35.8 Å². The summed E-state index contributed by atoms with van der Waals surface area (Å²) in [5.41, 5.74) is 0.301. The molecule has 0 aliphatic carbocycles. The van der Waals surface area contributed by atoms with Gasteiger partial charge in [0.2, 0.25) is 0 Å². The molecular formula is C15H22N8O2. The summed E-state index contributed by atoms with van der Waals surface area (Å²) < 4.78 is 6.86. The van der Waals surface area contributed by atoms with Crippen LogP contribution in [0.3, 0.4) is 0 Å². The molecule has 0 saturated carbocycles. The van der Waals surface area contributed by atoms with Crippen LogP contribution in [-0.4, -0.2) is 70.3 Å². The molecule has 0 atom stereocenters. The third kappa shape index (κ3) is 4.63. The van der Waals surface area contributed by atoms with Crippen molar-refractivity contribution < 1.29 is 9.53 Å². The standard InChI is InChI=1S/C15H22N8O2/c1-11-18-13(9-14(19-11)23-5-7-25-8-6-23)16-3-4-17-15(24)12-10-22(2)21-20-12/h9-10H,3-8H2,1-2H3,(H,17,24)(H,16,18,19). The second-order valence-electron chi connectivity index (χ2n) is 5.72. The molecule has 1 amide bonds. The van der Waals surface area contributed by atoms with Crippen LogP contribution in [0.15, 0.2) is 12.3 Å². The molecule has 0 aromatic carbocycles. The van der Waals surface area contributed by atoms with Crippen molar-refractivity contribution in [2.75, 3.05) is 49.6 Å². The van der Waals surface area contributed by atoms with Gasteiger partial charge >= 0.3 is 0 Å². The number of rotatable bonds is 6. The van der Waals surface area contributed by atoms with Crippen LogP contribution in [-0.2, 0) is 11.8 Å². The average Bonchev–Trinajstić information content (AvgIpc) is 3.05. The van der Waals surface area contributed by atoms with E-state index in [0.717, 1.165) is 24.7 Å². The van der Waals surface area contributed by atoms with Crippen molar-refractivity contribution >= 4 is 17.5 Å². The van der Waals surface area contributed by atoms with E-state index in [1.54, 1.807) is 13.2 Å². The molecule has 25 heavy (non-hydrogen) atoms. The monoisotopic (exact) mass is 346 g/mol. The second kappa shape index (κ2) is 7.88. The molecular weight excluding hydrogens is 324 g/mol. The van der Waals surface area contributed by atoms with Crippen molar-refractivity contribution in [3.8, 4) is 0 Å². The van der Waals surface area contributed by atoms with E-state index >= 15 is 0 Å². The number of aromatic nitrogens is 5. The summed E-state index contributed by atoms with van der Waals surface area (Å²) in [7, 11) is 1.72. The van der Waals surface area contributed by atoms with Gasteiger partial charge in [-0.2, -0.15) is 0 Å². The first-order chi connectivity index (χ1) is 12.1. The Morgan fingerprint density at radius 1 is 1.28 bits per heavy atom. The average molecular weight is 346 g/mol. The zero-order valence-electron chi connectivity index (χ0n) is 14.4. The van der Waals surface area contributed by atoms with Crippen LogP contribution in [0.2, 0.25) is 0 Å². The maximum Gasteiger partial charge on any atom is 0.273 e. The Morgan fingerprint density at radius 3 is 2.80 bits per heavy atom. The molecule has 10 nitrogen and oxygen atoms in total. The first-order valence-electron chi connectivity index (χ1n) is 8.18. The van der Waals surface area contributed by atoms with Gasteiger partial charge in [-0.3, -0.25) is 9.48 Å². The zero-order valence-corrected chi connectivity index (χ0v) is 14.4. The van der Waals surface area contributed by atoms with E-state index in [0.29, 0.717) is 37.8 Å². The maximum atomic E-state index is 11.9. The highest BCUT2D eigenvalue weighted by molar-refractivity contribution is 5.91. The summed E-state index contributed by atoms with van der Waals surface area (Å²) >= 11 is 0. The summed E-state index contributed by atoms with van der Waals surface area (Å²) in [6.45, 7) is 5.93. The van der Waals surface area contributed by atoms with E-state index in [4.69, 9.17) is 4.74 Å². The molecule has 2 aromatic heterocycles. The van der Waals surface area contributed by atoms with Crippen LogP contribution in [0, 0.1) is 6.92 Å². The van der Waals surface area contributed by atoms with Crippen molar-refractivity contribution in [2.45, 2.75) is 6.92 Å². The highest BCUT2D eigenvalue weighted by atomic mass is 16.5. The van der Waals surface area contributed by atoms with Gasteiger partial charge in [0.25, 0.3) is 5.91 Å². The molecule has 0 bridgehead atoms. The van der Waals surface area contributed by atoms with Gasteiger partial charge in [-0.15, -0.1) is 5.10 Å². The van der Waals surface area contributed by atoms with Gasteiger partial charge in [0, 0.05) is 39.3 Å². The summed E-state index contributed by atoms with van der Waals surface area (Å²) in [4.78, 5) is 22.9. The smallest absolute Gasteiger partial charge is 0.273 e. The number of hydrogen-bond acceptors (Lipinski definition) is 8. The number of morpholine rings is 1. The first kappa shape index (κ1) is 17.1. The van der Waals surface area contributed by atoms with Gasteiger partial charge in [0.05, 0.1) is 19.4 Å². The normalized spacial score (nSPS) is 14.4. The van der Waals surface area contributed by atoms with Crippen LogP contribution >= 0.6 is 0 Å². The number of anilines is 2. The van der Waals surface area contributed by atoms with Gasteiger partial charge in [0.15, 0.2) is 5.69 Å². The second-order valence-corrected chi connectivity index (χ2v) is 5.72. The van der Waals surface area contributed by atoms with E-state index in [1.807, 2.05) is 13.0 Å². The lowest BCUT2D eigenvalue weighted by molar-refractivity contribution is 0.0950. The summed E-state index contributed by atoms with van der Waals surface area (Å²) in [6, 6.07) is 1.92. The fraction of sp³-hybridized carbons (Fsp3) is 0.533. The van der Waals surface area contributed by atoms with E-state index in [-0.39, 0.29) is 5.91 Å². The van der Waals surface area contributed by atoms with Crippen molar-refractivity contribution in [3.05, 3.63) is 23.8 Å². The first-order valence-corrected chi connectivity index (χ1v) is 8.18. The molecule has 0 spiro atoms. The molecule has 2 N–H and O–H groups in total. The summed E-state index contributed by atoms with van der Waals surface area (Å²) in [5.74, 6) is 2.09. The van der Waals surface area contributed by atoms with Gasteiger partial charge < -0.3 is 20.3 Å². The molecule has 134 valence electrons. The number of carbonyl (C=O) groups excluding carboxylic acids is 1. The predicted octanol–water partition coefficient (Wildman–Crippen LogP) is -0.408. The number of nitrogens with zero attached hydrogens (tertiary/aromatic N) is 6. The Kier molecular flexibility index (Phi) is 5.39. The minimum atomic E-state index is -0.247. The van der Waals surface area contributed by atoms with Crippen molar-refractivity contribution in [1.82, 2.24) is 30.3 Å². The van der Waals surface area contributed by atoms with Crippen LogP contribution in [0.5, 0.6) is 0 Å². The zero-order chi connectivity index (χ0) is 17.6. The SMILES string of the molecule is Cc1nc(NCCNC(=O)c2cn(C)nn2)cc(N2CCOCC2)n1. The van der Waals surface area contributed by atoms with E-state index < -0.39 is 0 Å². The third-order valence-electron chi connectivity index (χ3n) is 3.71. The minimum absolute atomic E-state index is 0.247. The largest absolute Gasteiger partial charge is 0.378 e. The van der Waals surface area contributed by atoms with Gasteiger partial charge in [0.1, 0.15) is 17.5 Å². The van der Waals surface area contributed by atoms with E-state index in [1.165, 1.54) is 4.68 Å². The number of amides is 1. The molecule has 1 aliphatic rings. The van der Waals surface area contributed by atoms with Crippen molar-refractivity contribution in [1.29, 1.82) is 0 Å². The van der Waals surface area contributed by atoms with E-state index in [9.17, 15) is 4.79 Å². The van der Waals surface area contributed by atoms with Crippen molar-refractivity contribution in [2.24, 2.45) is 7.05 Å². The molecule has 3 heterocycles. The molecule has 10 heteroatoms. The fourth-order valence-electron chi connectivity index (χ4n) is 2.51. The number of ether oxygens (including phenoxy) is 1. The number of hydrogen-bond donors (Lipinski definition) is 2. The van der Waals surface area contributed by atoms with Crippen molar-refractivity contribution in [3.63, 3.8) is 0 Å². The summed E-state index contributed by atoms with van der Waals surface area (Å²) in [5, 5.41) is 13.5. The summed E-state index contributed by atoms with van der Waals surface area (Å²) in [6.07, 6.45) is 1.57. The molecule has 1 saturated heterocycles. The lowest BCUT2D eigenvalue weighted by Gasteiger charge is -2.28. The molecule has 1 aliphatic heterocycles. The highest BCUT2D eigenvalue weighted by Crippen LogP contribution is 2.16. The Labute approximate surface area is 145 Å². The Morgan fingerprint density at radius 2 is 2.08 bits per heavy atom. The van der Waals surface area contributed by atoms with Gasteiger partial charge in [-0.25, -0.2) is 9.97 Å². The predicted molar refractivity (Wildman–Crippen MR) is 91.6 cm³/mol. The number of nitrogens with one attached hydrogen (secondary N) is 2. The molecule has 3 rings (SSSR count). The number of carbonyl (C=O) groups is 1. The molecule has 0 unspecified atom stereocenters. The Balaban J connectivity index is 1.51. The van der Waals surface area contributed by atoms with Crippen LogP contribution in [0.25, 0.3) is 0 Å². The highest BCUT2D eigenvalue weighted by Gasteiger charge is 2.14. The number of aryl methyl sites for hydroxylation is 2. The third-order valence-corrected chi connectivity index (χ3v) is 3.71. The molecule has 1 fully saturated rings. The van der Waals surface area contributed by atoms with Gasteiger partial charge in [-0.05, 0) is 6.92 Å². The maximum absolute atomic E-state index is 11.9. The van der Waals surface area contributed by atoms with Gasteiger partial charge in [-0.1, -0.05) is 5.21 Å².